The fraction of sp³-hybridized carbons (Fsp3) is 0.529. The van der Waals surface area contributed by atoms with E-state index in [1.165, 1.54) is 6.07 Å². The zero-order valence-electron chi connectivity index (χ0n) is 16.1. The highest BCUT2D eigenvalue weighted by molar-refractivity contribution is 7.99. The molecule has 2 rings (SSSR count). The van der Waals surface area contributed by atoms with Crippen molar-refractivity contribution < 1.29 is 22.6 Å². The van der Waals surface area contributed by atoms with Crippen molar-refractivity contribution in [3.63, 3.8) is 0 Å². The number of aromatic nitrogens is 4. The average Bonchev–Trinajstić information content (AvgIpc) is 2.68. The maximum atomic E-state index is 12.7. The molecular formula is C17H23F3N6O2S. The highest BCUT2D eigenvalue weighted by Gasteiger charge is 2.30. The van der Waals surface area contributed by atoms with Crippen LogP contribution in [0.2, 0.25) is 0 Å². The van der Waals surface area contributed by atoms with Crippen molar-refractivity contribution >= 4 is 23.7 Å². The number of anilines is 2. The van der Waals surface area contributed by atoms with Crippen LogP contribution in [-0.2, 0) is 15.7 Å². The Morgan fingerprint density at radius 1 is 0.931 bits per heavy atom. The van der Waals surface area contributed by atoms with Gasteiger partial charge in [-0.05, 0) is 36.7 Å². The van der Waals surface area contributed by atoms with Crippen LogP contribution in [0.3, 0.4) is 0 Å². The molecule has 12 heteroatoms. The van der Waals surface area contributed by atoms with Crippen molar-refractivity contribution in [1.29, 1.82) is 0 Å². The SMILES string of the molecule is COCCCNc1nc(NCCCOC)nc(Sc2ccc(C(F)(F)F)cn2)n1. The van der Waals surface area contributed by atoms with E-state index in [2.05, 4.69) is 30.6 Å². The minimum absolute atomic E-state index is 0.316. The molecule has 0 aliphatic carbocycles. The predicted octanol–water partition coefficient (Wildman–Crippen LogP) is 3.33. The number of nitrogens with zero attached hydrogens (tertiary/aromatic N) is 4. The van der Waals surface area contributed by atoms with Crippen LogP contribution < -0.4 is 10.6 Å². The molecule has 0 bridgehead atoms. The van der Waals surface area contributed by atoms with Crippen LogP contribution in [0, 0.1) is 0 Å². The maximum Gasteiger partial charge on any atom is 0.417 e. The van der Waals surface area contributed by atoms with Crippen molar-refractivity contribution in [1.82, 2.24) is 19.9 Å². The zero-order chi connectivity index (χ0) is 21.1. The van der Waals surface area contributed by atoms with E-state index < -0.39 is 11.7 Å². The van der Waals surface area contributed by atoms with Crippen molar-refractivity contribution in [3.8, 4) is 0 Å². The highest BCUT2D eigenvalue weighted by atomic mass is 32.2. The molecule has 0 amide bonds. The first-order valence-electron chi connectivity index (χ1n) is 8.85. The van der Waals surface area contributed by atoms with Crippen LogP contribution in [0.1, 0.15) is 18.4 Å². The van der Waals surface area contributed by atoms with E-state index in [4.69, 9.17) is 9.47 Å². The molecule has 8 nitrogen and oxygen atoms in total. The fourth-order valence-corrected chi connectivity index (χ4v) is 2.79. The Hall–Kier alpha value is -2.18. The van der Waals surface area contributed by atoms with E-state index in [0.717, 1.165) is 36.9 Å². The molecule has 0 aromatic carbocycles. The van der Waals surface area contributed by atoms with Gasteiger partial charge in [0.2, 0.25) is 17.1 Å². The summed E-state index contributed by atoms with van der Waals surface area (Å²) < 4.78 is 48.1. The van der Waals surface area contributed by atoms with Gasteiger partial charge in [-0.1, -0.05) is 0 Å². The number of hydrogen-bond acceptors (Lipinski definition) is 9. The molecule has 0 radical (unpaired) electrons. The second-order valence-electron chi connectivity index (χ2n) is 5.80. The van der Waals surface area contributed by atoms with Crippen molar-refractivity contribution in [3.05, 3.63) is 23.9 Å². The normalized spacial score (nSPS) is 11.5. The molecule has 2 heterocycles. The number of methoxy groups -OCH3 is 2. The van der Waals surface area contributed by atoms with Crippen molar-refractivity contribution in [2.24, 2.45) is 0 Å². The molecule has 0 saturated heterocycles. The van der Waals surface area contributed by atoms with Gasteiger partial charge in [0.1, 0.15) is 5.03 Å². The Morgan fingerprint density at radius 2 is 1.52 bits per heavy atom. The van der Waals surface area contributed by atoms with E-state index in [1.807, 2.05) is 0 Å². The van der Waals surface area contributed by atoms with Crippen LogP contribution >= 0.6 is 11.8 Å². The molecule has 0 atom stereocenters. The molecule has 0 fully saturated rings. The summed E-state index contributed by atoms with van der Waals surface area (Å²) in [7, 11) is 3.24. The van der Waals surface area contributed by atoms with Gasteiger partial charge in [0.15, 0.2) is 0 Å². The van der Waals surface area contributed by atoms with E-state index in [-0.39, 0.29) is 0 Å². The largest absolute Gasteiger partial charge is 0.417 e. The third-order valence-electron chi connectivity index (χ3n) is 3.49. The lowest BCUT2D eigenvalue weighted by atomic mass is 10.3. The second kappa shape index (κ2) is 11.7. The van der Waals surface area contributed by atoms with Gasteiger partial charge < -0.3 is 20.1 Å². The van der Waals surface area contributed by atoms with Crippen molar-refractivity contribution in [2.75, 3.05) is 51.2 Å². The minimum atomic E-state index is -4.43. The highest BCUT2D eigenvalue weighted by Crippen LogP contribution is 2.31. The standard InChI is InChI=1S/C17H23F3N6O2S/c1-27-9-3-7-21-14-24-15(22-8-4-10-28-2)26-16(25-14)29-13-6-5-12(11-23-13)17(18,19)20/h5-6,11H,3-4,7-10H2,1-2H3,(H2,21,22,24,25,26). The lowest BCUT2D eigenvalue weighted by Crippen LogP contribution is -2.13. The number of alkyl halides is 3. The predicted molar refractivity (Wildman–Crippen MR) is 103 cm³/mol. The van der Waals surface area contributed by atoms with Gasteiger partial charge in [0.25, 0.3) is 0 Å². The monoisotopic (exact) mass is 432 g/mol. The van der Waals surface area contributed by atoms with Crippen LogP contribution in [0.15, 0.2) is 28.5 Å². The molecule has 29 heavy (non-hydrogen) atoms. The van der Waals surface area contributed by atoms with Gasteiger partial charge in [-0.25, -0.2) is 4.98 Å². The Morgan fingerprint density at radius 3 is 1.97 bits per heavy atom. The van der Waals surface area contributed by atoms with Crippen LogP contribution in [-0.4, -0.2) is 60.5 Å². The Labute approximate surface area is 171 Å². The summed E-state index contributed by atoms with van der Waals surface area (Å²) in [5.41, 5.74) is -0.807. The second-order valence-corrected chi connectivity index (χ2v) is 6.78. The van der Waals surface area contributed by atoms with Crippen LogP contribution in [0.25, 0.3) is 0 Å². The first-order valence-corrected chi connectivity index (χ1v) is 9.67. The lowest BCUT2D eigenvalue weighted by molar-refractivity contribution is -0.137. The Balaban J connectivity index is 2.10. The maximum absolute atomic E-state index is 12.7. The average molecular weight is 432 g/mol. The van der Waals surface area contributed by atoms with Gasteiger partial charge in [-0.2, -0.15) is 28.1 Å². The van der Waals surface area contributed by atoms with Gasteiger partial charge in [0, 0.05) is 46.7 Å². The number of hydrogen-bond donors (Lipinski definition) is 2. The number of halogens is 3. The Bertz CT molecular complexity index is 719. The van der Waals surface area contributed by atoms with E-state index in [0.29, 0.717) is 48.4 Å². The van der Waals surface area contributed by atoms with Gasteiger partial charge in [-0.15, -0.1) is 0 Å². The number of nitrogens with one attached hydrogen (secondary N) is 2. The summed E-state index contributed by atoms with van der Waals surface area (Å²) >= 11 is 1.05. The number of ether oxygens (including phenoxy) is 2. The van der Waals surface area contributed by atoms with Gasteiger partial charge in [-0.3, -0.25) is 0 Å². The molecule has 0 spiro atoms. The summed E-state index contributed by atoms with van der Waals surface area (Å²) in [6.07, 6.45) is -2.11. The quantitative estimate of drug-likeness (QED) is 0.490. The summed E-state index contributed by atoms with van der Waals surface area (Å²) in [6, 6.07) is 2.26. The molecule has 160 valence electrons. The summed E-state index contributed by atoms with van der Waals surface area (Å²) in [5.74, 6) is 0.722. The topological polar surface area (TPSA) is 94.1 Å². The molecule has 0 unspecified atom stereocenters. The summed E-state index contributed by atoms with van der Waals surface area (Å²) in [4.78, 5) is 16.8. The molecule has 0 aliphatic heterocycles. The molecule has 2 aromatic heterocycles. The zero-order valence-corrected chi connectivity index (χ0v) is 16.9. The number of pyridine rings is 1. The van der Waals surface area contributed by atoms with E-state index in [9.17, 15) is 13.2 Å². The van der Waals surface area contributed by atoms with E-state index in [1.54, 1.807) is 14.2 Å². The smallest absolute Gasteiger partial charge is 0.385 e. The molecule has 2 aromatic rings. The van der Waals surface area contributed by atoms with E-state index >= 15 is 0 Å². The molecule has 0 aliphatic rings. The van der Waals surface area contributed by atoms with Gasteiger partial charge >= 0.3 is 6.18 Å². The lowest BCUT2D eigenvalue weighted by Gasteiger charge is -2.10. The first-order chi connectivity index (χ1) is 13.9. The van der Waals surface area contributed by atoms with Gasteiger partial charge in [0.05, 0.1) is 5.56 Å². The third kappa shape index (κ3) is 8.38. The molecule has 0 saturated carbocycles. The fourth-order valence-electron chi connectivity index (χ4n) is 2.10. The minimum Gasteiger partial charge on any atom is -0.385 e. The Kier molecular flexibility index (Phi) is 9.35. The van der Waals surface area contributed by atoms with Crippen LogP contribution in [0.5, 0.6) is 0 Å². The summed E-state index contributed by atoms with van der Waals surface area (Å²) in [6.45, 7) is 2.39. The molecule has 2 N–H and O–H groups in total. The third-order valence-corrected chi connectivity index (χ3v) is 4.31. The van der Waals surface area contributed by atoms with Crippen LogP contribution in [0.4, 0.5) is 25.1 Å². The first kappa shape index (κ1) is 23.1. The number of rotatable bonds is 12. The molecular weight excluding hydrogens is 409 g/mol. The summed E-state index contributed by atoms with van der Waals surface area (Å²) in [5, 5.41) is 6.84. The van der Waals surface area contributed by atoms with Crippen molar-refractivity contribution in [2.45, 2.75) is 29.2 Å².